The summed E-state index contributed by atoms with van der Waals surface area (Å²) >= 11 is 0. The third-order valence-electron chi connectivity index (χ3n) is 5.55. The lowest BCUT2D eigenvalue weighted by molar-refractivity contribution is 0.489. The highest BCUT2D eigenvalue weighted by Crippen LogP contribution is 2.28. The Labute approximate surface area is 132 Å². The second-order valence-electron chi connectivity index (χ2n) is 6.57. The minimum atomic E-state index is -1.15. The largest absolute Gasteiger partial charge is 0.310 e. The van der Waals surface area contributed by atoms with E-state index in [-0.39, 0.29) is 0 Å². The molecule has 2 atom stereocenters. The van der Waals surface area contributed by atoms with Crippen LogP contribution in [0.3, 0.4) is 0 Å². The molecule has 1 nitrogen and oxygen atoms in total. The molecule has 20 heavy (non-hydrogen) atoms. The van der Waals surface area contributed by atoms with E-state index in [1.807, 2.05) is 0 Å². The summed E-state index contributed by atoms with van der Waals surface area (Å²) in [5.41, 5.74) is 2.42. The summed E-state index contributed by atoms with van der Waals surface area (Å²) in [4.78, 5) is 0. The predicted octanol–water partition coefficient (Wildman–Crippen LogP) is 4.23. The van der Waals surface area contributed by atoms with Gasteiger partial charge < -0.3 is 5.32 Å². The maximum absolute atomic E-state index is 4.11. The maximum Gasteiger partial charge on any atom is 0.0718 e. The van der Waals surface area contributed by atoms with Gasteiger partial charge in [-0.15, -0.1) is 0 Å². The van der Waals surface area contributed by atoms with Gasteiger partial charge in [0.15, 0.2) is 0 Å². The summed E-state index contributed by atoms with van der Waals surface area (Å²) in [6.07, 6.45) is 3.91. The van der Waals surface area contributed by atoms with Crippen LogP contribution in [0.5, 0.6) is 0 Å². The Morgan fingerprint density at radius 1 is 1.00 bits per heavy atom. The molecule has 120 valence electrons. The summed E-state index contributed by atoms with van der Waals surface area (Å²) in [5.74, 6) is 0. The van der Waals surface area contributed by atoms with Crippen molar-refractivity contribution in [3.05, 3.63) is 10.8 Å². The molecule has 0 aromatic heterocycles. The first kappa shape index (κ1) is 20.1. The molecule has 2 unspecified atom stereocenters. The van der Waals surface area contributed by atoms with Gasteiger partial charge in [-0.2, -0.15) is 0 Å². The average Bonchev–Trinajstić information content (AvgIpc) is 2.45. The molecule has 0 aliphatic rings. The van der Waals surface area contributed by atoms with Crippen LogP contribution < -0.4 is 5.32 Å². The SMILES string of the molecule is CCCC(NC(CC)C(C)=C(C)[SiH3])[Si](CC)(CC)CC. The third kappa shape index (κ3) is 5.16. The van der Waals surface area contributed by atoms with Crippen molar-refractivity contribution in [2.24, 2.45) is 0 Å². The molecule has 3 heteroatoms. The molecule has 0 rings (SSSR count). The zero-order chi connectivity index (χ0) is 15.8. The van der Waals surface area contributed by atoms with E-state index in [9.17, 15) is 0 Å². The Balaban J connectivity index is 5.23. The van der Waals surface area contributed by atoms with Crippen LogP contribution in [0.4, 0.5) is 0 Å². The second kappa shape index (κ2) is 9.96. The zero-order valence-corrected chi connectivity index (χ0v) is 18.4. The molecule has 0 radical (unpaired) electrons. The first-order valence-corrected chi connectivity index (χ1v) is 12.5. The molecular formula is C17H39NSi2. The Bertz CT molecular complexity index is 283. The molecule has 0 aromatic rings. The van der Waals surface area contributed by atoms with E-state index in [4.69, 9.17) is 0 Å². The zero-order valence-electron chi connectivity index (χ0n) is 15.4. The molecule has 0 saturated heterocycles. The standard InChI is InChI=1S/C17H39NSi2/c1-8-13-17(20(10-3,11-4)12-5)18-16(9-2)14(6)15(7)19/h16-18H,8-13H2,1-7,19H3. The smallest absolute Gasteiger partial charge is 0.0718 e. The molecule has 1 N–H and O–H groups in total. The van der Waals surface area contributed by atoms with Crippen LogP contribution in [-0.4, -0.2) is 30.0 Å². The van der Waals surface area contributed by atoms with Gasteiger partial charge in [-0.25, -0.2) is 0 Å². The first-order valence-electron chi connectivity index (χ1n) is 8.82. The number of allylic oxidation sites excluding steroid dienone is 1. The fraction of sp³-hybridized carbons (Fsp3) is 0.882. The first-order chi connectivity index (χ1) is 9.42. The summed E-state index contributed by atoms with van der Waals surface area (Å²) < 4.78 is 0. The van der Waals surface area contributed by atoms with Crippen LogP contribution in [0.1, 0.15) is 67.7 Å². The van der Waals surface area contributed by atoms with E-state index < -0.39 is 8.07 Å². The molecule has 0 saturated carbocycles. The Morgan fingerprint density at radius 3 is 1.80 bits per heavy atom. The van der Waals surface area contributed by atoms with E-state index in [1.165, 1.54) is 47.6 Å². The number of hydrogen-bond donors (Lipinski definition) is 1. The number of nitrogens with one attached hydrogen (secondary N) is 1. The van der Waals surface area contributed by atoms with Gasteiger partial charge in [0.2, 0.25) is 0 Å². The molecule has 0 heterocycles. The van der Waals surface area contributed by atoms with Crippen molar-refractivity contribution >= 4 is 18.3 Å². The summed E-state index contributed by atoms with van der Waals surface area (Å²) in [7, 11) is 0.0513. The van der Waals surface area contributed by atoms with Gasteiger partial charge in [-0.3, -0.25) is 0 Å². The van der Waals surface area contributed by atoms with Crippen LogP contribution in [-0.2, 0) is 0 Å². The van der Waals surface area contributed by atoms with Crippen LogP contribution in [0.25, 0.3) is 0 Å². The van der Waals surface area contributed by atoms with Crippen molar-refractivity contribution in [1.82, 2.24) is 5.32 Å². The van der Waals surface area contributed by atoms with E-state index in [1.54, 1.807) is 10.8 Å². The average molecular weight is 314 g/mol. The molecular weight excluding hydrogens is 274 g/mol. The summed E-state index contributed by atoms with van der Waals surface area (Å²) in [6, 6.07) is 4.89. The van der Waals surface area contributed by atoms with Gasteiger partial charge in [0.25, 0.3) is 0 Å². The Kier molecular flexibility index (Phi) is 10.0. The third-order valence-corrected chi connectivity index (χ3v) is 12.5. The summed E-state index contributed by atoms with van der Waals surface area (Å²) in [6.45, 7) is 16.6. The number of rotatable bonds is 10. The lowest BCUT2D eigenvalue weighted by Crippen LogP contribution is -2.56. The van der Waals surface area contributed by atoms with Crippen molar-refractivity contribution in [1.29, 1.82) is 0 Å². The van der Waals surface area contributed by atoms with Crippen molar-refractivity contribution < 1.29 is 0 Å². The molecule has 0 spiro atoms. The topological polar surface area (TPSA) is 12.0 Å². The van der Waals surface area contributed by atoms with Crippen LogP contribution in [0.15, 0.2) is 10.8 Å². The second-order valence-corrected chi connectivity index (χ2v) is 13.6. The van der Waals surface area contributed by atoms with E-state index in [2.05, 4.69) is 53.8 Å². The fourth-order valence-electron chi connectivity index (χ4n) is 3.48. The molecule has 0 aliphatic carbocycles. The van der Waals surface area contributed by atoms with Gasteiger partial charge in [0.05, 0.1) is 8.07 Å². The van der Waals surface area contributed by atoms with E-state index >= 15 is 0 Å². The minimum Gasteiger partial charge on any atom is -0.310 e. The highest BCUT2D eigenvalue weighted by Gasteiger charge is 2.36. The van der Waals surface area contributed by atoms with E-state index in [0.29, 0.717) is 6.04 Å². The van der Waals surface area contributed by atoms with Gasteiger partial charge in [-0.05, 0) is 26.7 Å². The summed E-state index contributed by atoms with van der Waals surface area (Å²) in [5, 5.41) is 5.73. The van der Waals surface area contributed by atoms with Gasteiger partial charge in [0, 0.05) is 21.9 Å². The quantitative estimate of drug-likeness (QED) is 0.595. The van der Waals surface area contributed by atoms with Gasteiger partial charge in [0.1, 0.15) is 0 Å². The Hall–Kier alpha value is 0.134. The molecule has 0 aliphatic heterocycles. The highest BCUT2D eigenvalue weighted by molar-refractivity contribution is 6.81. The molecule has 0 aromatic carbocycles. The normalized spacial score (nSPS) is 16.9. The monoisotopic (exact) mass is 313 g/mol. The molecule has 0 bridgehead atoms. The minimum absolute atomic E-state index is 0.612. The van der Waals surface area contributed by atoms with Crippen LogP contribution in [0, 0.1) is 0 Å². The fourth-order valence-corrected chi connectivity index (χ4v) is 8.27. The van der Waals surface area contributed by atoms with Gasteiger partial charge in [-0.1, -0.05) is 69.9 Å². The van der Waals surface area contributed by atoms with E-state index in [0.717, 1.165) is 5.67 Å². The molecule has 0 fully saturated rings. The van der Waals surface area contributed by atoms with Crippen LogP contribution in [0.2, 0.25) is 18.1 Å². The highest BCUT2D eigenvalue weighted by atomic mass is 28.3. The van der Waals surface area contributed by atoms with Crippen molar-refractivity contribution in [2.45, 2.75) is 97.6 Å². The van der Waals surface area contributed by atoms with Crippen LogP contribution >= 0.6 is 0 Å². The van der Waals surface area contributed by atoms with Crippen molar-refractivity contribution in [2.75, 3.05) is 0 Å². The Morgan fingerprint density at radius 2 is 1.50 bits per heavy atom. The maximum atomic E-state index is 4.11. The van der Waals surface area contributed by atoms with Crippen molar-refractivity contribution in [3.63, 3.8) is 0 Å². The lowest BCUT2D eigenvalue weighted by atomic mass is 10.1. The lowest BCUT2D eigenvalue weighted by Gasteiger charge is -2.40. The predicted molar refractivity (Wildman–Crippen MR) is 101 cm³/mol. The van der Waals surface area contributed by atoms with Crippen molar-refractivity contribution in [3.8, 4) is 0 Å². The number of hydrogen-bond acceptors (Lipinski definition) is 1. The molecule has 0 amide bonds. The van der Waals surface area contributed by atoms with Gasteiger partial charge >= 0.3 is 0 Å².